The van der Waals surface area contributed by atoms with Crippen molar-refractivity contribution < 1.29 is 32.2 Å². The minimum Gasteiger partial charge on any atom is -0.504 e. The van der Waals surface area contributed by atoms with Crippen molar-refractivity contribution in [2.75, 3.05) is 0 Å². The van der Waals surface area contributed by atoms with E-state index in [1.54, 1.807) is 0 Å². The first-order valence-corrected chi connectivity index (χ1v) is 5.85. The van der Waals surface area contributed by atoms with Crippen LogP contribution in [0.25, 0.3) is 0 Å². The molecule has 0 aliphatic rings. The zero-order valence-corrected chi connectivity index (χ0v) is 9.35. The summed E-state index contributed by atoms with van der Waals surface area (Å²) in [5.74, 6) is -1.92. The van der Waals surface area contributed by atoms with Gasteiger partial charge in [0.1, 0.15) is 0 Å². The van der Waals surface area contributed by atoms with Crippen LogP contribution in [-0.4, -0.2) is 29.2 Å². The Morgan fingerprint density at radius 1 is 1.35 bits per heavy atom. The van der Waals surface area contributed by atoms with Gasteiger partial charge in [-0.15, -0.1) is 0 Å². The number of rotatable bonds is 5. The molecule has 0 spiro atoms. The number of aryl methyl sites for hydroxylation is 1. The maximum Gasteiger partial charge on any atom is 0.446 e. The van der Waals surface area contributed by atoms with Gasteiger partial charge in [-0.1, -0.05) is 6.07 Å². The highest BCUT2D eigenvalue weighted by atomic mass is 32.3. The molecule has 0 atom stereocenters. The molecule has 0 aliphatic carbocycles. The van der Waals surface area contributed by atoms with Gasteiger partial charge in [0.15, 0.2) is 11.5 Å². The second-order valence-electron chi connectivity index (χ2n) is 3.21. The third-order valence-electron chi connectivity index (χ3n) is 1.85. The van der Waals surface area contributed by atoms with Crippen LogP contribution in [0.3, 0.4) is 0 Å². The van der Waals surface area contributed by atoms with Crippen molar-refractivity contribution in [3.63, 3.8) is 0 Å². The smallest absolute Gasteiger partial charge is 0.446 e. The summed E-state index contributed by atoms with van der Waals surface area (Å²) in [4.78, 5) is 10.3. The number of phenolic OH excluding ortho intramolecular Hbond substituents is 1. The lowest BCUT2D eigenvalue weighted by Gasteiger charge is -2.06. The van der Waals surface area contributed by atoms with Gasteiger partial charge in [0, 0.05) is 6.42 Å². The molecule has 0 heterocycles. The van der Waals surface area contributed by atoms with E-state index in [1.165, 1.54) is 6.07 Å². The fourth-order valence-corrected chi connectivity index (χ4v) is 1.51. The lowest BCUT2D eigenvalue weighted by atomic mass is 10.1. The van der Waals surface area contributed by atoms with Crippen LogP contribution >= 0.6 is 0 Å². The number of hydrogen-bond donors (Lipinski definition) is 3. The third-order valence-corrected chi connectivity index (χ3v) is 2.24. The topological polar surface area (TPSA) is 121 Å². The van der Waals surface area contributed by atoms with Crippen LogP contribution < -0.4 is 4.18 Å². The number of carbonyl (C=O) groups is 1. The van der Waals surface area contributed by atoms with Gasteiger partial charge in [-0.3, -0.25) is 9.35 Å². The molecule has 1 aromatic carbocycles. The fraction of sp³-hybridized carbons (Fsp3) is 0.222. The standard InChI is InChI=1S/C9H10O7S/c10-7-3-1-6(2-4-9(11)12)5-8(7)16-17(13,14)15/h1,3,5,10H,2,4H2,(H,11,12)(H,13,14,15). The molecule has 0 saturated heterocycles. The molecule has 8 heteroatoms. The van der Waals surface area contributed by atoms with E-state index in [9.17, 15) is 18.3 Å². The second kappa shape index (κ2) is 5.02. The summed E-state index contributed by atoms with van der Waals surface area (Å²) in [6, 6.07) is 3.72. The number of carboxylic acids is 1. The molecule has 94 valence electrons. The number of carboxylic acid groups (broad SMARTS) is 1. The molecule has 0 aliphatic heterocycles. The van der Waals surface area contributed by atoms with Gasteiger partial charge in [0.25, 0.3) is 0 Å². The average Bonchev–Trinajstić information content (AvgIpc) is 2.17. The van der Waals surface area contributed by atoms with Crippen LogP contribution in [0.1, 0.15) is 12.0 Å². The summed E-state index contributed by atoms with van der Waals surface area (Å²) in [7, 11) is -4.72. The molecule has 1 aromatic rings. The first-order chi connectivity index (χ1) is 7.78. The summed E-state index contributed by atoms with van der Waals surface area (Å²) < 4.78 is 33.5. The summed E-state index contributed by atoms with van der Waals surface area (Å²) in [6.45, 7) is 0. The highest BCUT2D eigenvalue weighted by Crippen LogP contribution is 2.28. The van der Waals surface area contributed by atoms with E-state index < -0.39 is 27.9 Å². The Morgan fingerprint density at radius 2 is 2.00 bits per heavy atom. The van der Waals surface area contributed by atoms with E-state index in [-0.39, 0.29) is 12.8 Å². The first-order valence-electron chi connectivity index (χ1n) is 4.48. The Kier molecular flexibility index (Phi) is 3.92. The number of aromatic hydroxyl groups is 1. The first kappa shape index (κ1) is 13.3. The highest BCUT2D eigenvalue weighted by molar-refractivity contribution is 7.81. The monoisotopic (exact) mass is 262 g/mol. The summed E-state index contributed by atoms with van der Waals surface area (Å²) >= 11 is 0. The normalized spacial score (nSPS) is 11.1. The minimum atomic E-state index is -4.72. The molecule has 0 saturated carbocycles. The van der Waals surface area contributed by atoms with Crippen molar-refractivity contribution in [2.24, 2.45) is 0 Å². The molecular weight excluding hydrogens is 252 g/mol. The molecule has 1 rings (SSSR count). The van der Waals surface area contributed by atoms with E-state index in [2.05, 4.69) is 4.18 Å². The van der Waals surface area contributed by atoms with E-state index in [0.29, 0.717) is 5.56 Å². The molecule has 0 bridgehead atoms. The number of benzene rings is 1. The summed E-state index contributed by atoms with van der Waals surface area (Å²) in [6.07, 6.45) is 0.00748. The van der Waals surface area contributed by atoms with Crippen molar-refractivity contribution in [3.8, 4) is 11.5 Å². The SMILES string of the molecule is O=C(O)CCc1ccc(O)c(OS(=O)(=O)O)c1. The van der Waals surface area contributed by atoms with Crippen LogP contribution in [0.2, 0.25) is 0 Å². The zero-order valence-electron chi connectivity index (χ0n) is 8.53. The highest BCUT2D eigenvalue weighted by Gasteiger charge is 2.12. The van der Waals surface area contributed by atoms with Gasteiger partial charge in [-0.05, 0) is 24.1 Å². The lowest BCUT2D eigenvalue weighted by Crippen LogP contribution is -2.07. The maximum absolute atomic E-state index is 10.5. The third kappa shape index (κ3) is 4.70. The van der Waals surface area contributed by atoms with Crippen LogP contribution in [0.15, 0.2) is 18.2 Å². The summed E-state index contributed by atoms with van der Waals surface area (Å²) in [5, 5.41) is 17.7. The van der Waals surface area contributed by atoms with Crippen molar-refractivity contribution in [1.29, 1.82) is 0 Å². The molecule has 3 N–H and O–H groups in total. The van der Waals surface area contributed by atoms with Crippen LogP contribution in [0.4, 0.5) is 0 Å². The molecule has 17 heavy (non-hydrogen) atoms. The Bertz CT molecular complexity index is 520. The fourth-order valence-electron chi connectivity index (χ4n) is 1.15. The maximum atomic E-state index is 10.5. The van der Waals surface area contributed by atoms with Gasteiger partial charge >= 0.3 is 16.4 Å². The molecule has 0 unspecified atom stereocenters. The van der Waals surface area contributed by atoms with Gasteiger partial charge < -0.3 is 14.4 Å². The van der Waals surface area contributed by atoms with Crippen molar-refractivity contribution in [1.82, 2.24) is 0 Å². The van der Waals surface area contributed by atoms with Crippen molar-refractivity contribution in [3.05, 3.63) is 23.8 Å². The molecule has 0 fully saturated rings. The van der Waals surface area contributed by atoms with Crippen LogP contribution in [0, 0.1) is 0 Å². The predicted octanol–water partition coefficient (Wildman–Crippen LogP) is 0.591. The largest absolute Gasteiger partial charge is 0.504 e. The van der Waals surface area contributed by atoms with E-state index in [1.807, 2.05) is 0 Å². The second-order valence-corrected chi connectivity index (χ2v) is 4.23. The lowest BCUT2D eigenvalue weighted by molar-refractivity contribution is -0.136. The Morgan fingerprint density at radius 3 is 2.53 bits per heavy atom. The van der Waals surface area contributed by atoms with Crippen LogP contribution in [-0.2, 0) is 21.6 Å². The minimum absolute atomic E-state index is 0.143. The molecule has 0 amide bonds. The number of hydrogen-bond acceptors (Lipinski definition) is 5. The van der Waals surface area contributed by atoms with Gasteiger partial charge in [0.05, 0.1) is 0 Å². The van der Waals surface area contributed by atoms with Crippen molar-refractivity contribution >= 4 is 16.4 Å². The van der Waals surface area contributed by atoms with E-state index >= 15 is 0 Å². The van der Waals surface area contributed by atoms with Crippen LogP contribution in [0.5, 0.6) is 11.5 Å². The van der Waals surface area contributed by atoms with Gasteiger partial charge in [-0.2, -0.15) is 8.42 Å². The average molecular weight is 262 g/mol. The predicted molar refractivity (Wildman–Crippen MR) is 56.2 cm³/mol. The molecule has 7 nitrogen and oxygen atoms in total. The van der Waals surface area contributed by atoms with E-state index in [4.69, 9.17) is 9.66 Å². The zero-order chi connectivity index (χ0) is 13.1. The molecule has 0 radical (unpaired) electrons. The Hall–Kier alpha value is -1.80. The Labute approximate surface area is 97.2 Å². The van der Waals surface area contributed by atoms with Gasteiger partial charge in [-0.25, -0.2) is 0 Å². The molecular formula is C9H10O7S. The number of phenols is 1. The Balaban J connectivity index is 2.90. The molecule has 0 aromatic heterocycles. The van der Waals surface area contributed by atoms with E-state index in [0.717, 1.165) is 12.1 Å². The van der Waals surface area contributed by atoms with Crippen molar-refractivity contribution in [2.45, 2.75) is 12.8 Å². The van der Waals surface area contributed by atoms with Gasteiger partial charge in [0.2, 0.25) is 0 Å². The quantitative estimate of drug-likeness (QED) is 0.664. The number of aliphatic carboxylic acids is 1. The summed E-state index contributed by atoms with van der Waals surface area (Å²) in [5.41, 5.74) is 0.462.